The van der Waals surface area contributed by atoms with Crippen molar-refractivity contribution in [2.75, 3.05) is 0 Å². The fourth-order valence-electron chi connectivity index (χ4n) is 3.38. The second-order valence-electron chi connectivity index (χ2n) is 7.63. The SMILES string of the molecule is Cc1ccc(C)c(C(=O)C(C)Sc2nnc(C3CC3)n2Cc2ccccc2)c1. The van der Waals surface area contributed by atoms with Crippen LogP contribution in [-0.2, 0) is 6.54 Å². The van der Waals surface area contributed by atoms with E-state index in [2.05, 4.69) is 39.0 Å². The van der Waals surface area contributed by atoms with Gasteiger partial charge in [-0.1, -0.05) is 59.8 Å². The predicted octanol–water partition coefficient (Wildman–Crippen LogP) is 5.18. The summed E-state index contributed by atoms with van der Waals surface area (Å²) in [6, 6.07) is 16.4. The molecule has 0 amide bonds. The molecular weight excluding hydrogens is 366 g/mol. The summed E-state index contributed by atoms with van der Waals surface area (Å²) in [7, 11) is 0. The van der Waals surface area contributed by atoms with Crippen molar-refractivity contribution in [1.29, 1.82) is 0 Å². The van der Waals surface area contributed by atoms with Crippen LogP contribution in [0.4, 0.5) is 0 Å². The molecule has 1 aliphatic carbocycles. The van der Waals surface area contributed by atoms with Crippen LogP contribution in [-0.4, -0.2) is 25.8 Å². The summed E-state index contributed by atoms with van der Waals surface area (Å²) in [6.45, 7) is 6.72. The van der Waals surface area contributed by atoms with Gasteiger partial charge in [0.25, 0.3) is 0 Å². The van der Waals surface area contributed by atoms with E-state index in [4.69, 9.17) is 0 Å². The molecule has 1 fully saturated rings. The van der Waals surface area contributed by atoms with E-state index in [1.807, 2.05) is 45.0 Å². The van der Waals surface area contributed by atoms with Gasteiger partial charge in [0.2, 0.25) is 0 Å². The molecule has 1 atom stereocenters. The Morgan fingerprint density at radius 3 is 2.61 bits per heavy atom. The van der Waals surface area contributed by atoms with Crippen LogP contribution >= 0.6 is 11.8 Å². The molecule has 0 N–H and O–H groups in total. The highest BCUT2D eigenvalue weighted by Crippen LogP contribution is 2.40. The van der Waals surface area contributed by atoms with Crippen molar-refractivity contribution in [1.82, 2.24) is 14.8 Å². The lowest BCUT2D eigenvalue weighted by atomic mass is 10.0. The number of benzene rings is 2. The Hall–Kier alpha value is -2.40. The Labute approximate surface area is 170 Å². The molecule has 0 saturated heterocycles. The topological polar surface area (TPSA) is 47.8 Å². The summed E-state index contributed by atoms with van der Waals surface area (Å²) < 4.78 is 2.20. The van der Waals surface area contributed by atoms with E-state index in [-0.39, 0.29) is 11.0 Å². The van der Waals surface area contributed by atoms with Crippen LogP contribution in [0.15, 0.2) is 53.7 Å². The molecule has 0 aliphatic heterocycles. The van der Waals surface area contributed by atoms with Crippen molar-refractivity contribution >= 4 is 17.5 Å². The van der Waals surface area contributed by atoms with E-state index in [1.165, 1.54) is 30.2 Å². The highest BCUT2D eigenvalue weighted by atomic mass is 32.2. The second-order valence-corrected chi connectivity index (χ2v) is 8.94. The summed E-state index contributed by atoms with van der Waals surface area (Å²) in [6.07, 6.45) is 2.35. The number of ketones is 1. The lowest BCUT2D eigenvalue weighted by Gasteiger charge is -2.14. The molecule has 1 saturated carbocycles. The van der Waals surface area contributed by atoms with Crippen LogP contribution in [0.3, 0.4) is 0 Å². The average Bonchev–Trinajstić information content (AvgIpc) is 3.47. The van der Waals surface area contributed by atoms with Crippen molar-refractivity contribution in [3.8, 4) is 0 Å². The first-order valence-electron chi connectivity index (χ1n) is 9.78. The lowest BCUT2D eigenvalue weighted by molar-refractivity contribution is 0.0993. The van der Waals surface area contributed by atoms with Crippen molar-refractivity contribution < 1.29 is 4.79 Å². The molecule has 28 heavy (non-hydrogen) atoms. The lowest BCUT2D eigenvalue weighted by Crippen LogP contribution is -2.16. The van der Waals surface area contributed by atoms with Gasteiger partial charge in [0.1, 0.15) is 5.82 Å². The first-order chi connectivity index (χ1) is 13.5. The summed E-state index contributed by atoms with van der Waals surface area (Å²) in [4.78, 5) is 13.1. The average molecular weight is 392 g/mol. The summed E-state index contributed by atoms with van der Waals surface area (Å²) >= 11 is 1.51. The Morgan fingerprint density at radius 1 is 1.14 bits per heavy atom. The molecular formula is C23H25N3OS. The van der Waals surface area contributed by atoms with Gasteiger partial charge in [-0.15, -0.1) is 10.2 Å². The molecule has 2 aromatic carbocycles. The Kier molecular flexibility index (Phi) is 5.36. The zero-order chi connectivity index (χ0) is 19.7. The van der Waals surface area contributed by atoms with Crippen LogP contribution in [0.2, 0.25) is 0 Å². The van der Waals surface area contributed by atoms with E-state index in [0.29, 0.717) is 5.92 Å². The van der Waals surface area contributed by atoms with Gasteiger partial charge in [-0.2, -0.15) is 0 Å². The molecule has 144 valence electrons. The molecule has 1 aliphatic rings. The number of carbonyl (C=O) groups excluding carboxylic acids is 1. The molecule has 3 aromatic rings. The van der Waals surface area contributed by atoms with Crippen LogP contribution in [0.5, 0.6) is 0 Å². The highest BCUT2D eigenvalue weighted by molar-refractivity contribution is 8.00. The number of Topliss-reactive ketones (excluding diaryl/α,β-unsaturated/α-hetero) is 1. The first kappa shape index (κ1) is 18.9. The molecule has 0 spiro atoms. The van der Waals surface area contributed by atoms with Gasteiger partial charge in [0.05, 0.1) is 11.8 Å². The van der Waals surface area contributed by atoms with Gasteiger partial charge in [-0.3, -0.25) is 4.79 Å². The van der Waals surface area contributed by atoms with E-state index < -0.39 is 0 Å². The predicted molar refractivity (Wildman–Crippen MR) is 113 cm³/mol. The van der Waals surface area contributed by atoms with Gasteiger partial charge in [0, 0.05) is 11.5 Å². The zero-order valence-electron chi connectivity index (χ0n) is 16.6. The molecule has 1 heterocycles. The second kappa shape index (κ2) is 7.92. The Bertz CT molecular complexity index is 992. The maximum Gasteiger partial charge on any atom is 0.192 e. The smallest absolute Gasteiger partial charge is 0.192 e. The normalized spacial score (nSPS) is 14.8. The minimum Gasteiger partial charge on any atom is -0.301 e. The van der Waals surface area contributed by atoms with Crippen molar-refractivity contribution in [2.45, 2.75) is 56.5 Å². The summed E-state index contributed by atoms with van der Waals surface area (Å²) in [5.74, 6) is 1.71. The van der Waals surface area contributed by atoms with E-state index in [9.17, 15) is 4.79 Å². The number of carbonyl (C=O) groups is 1. The van der Waals surface area contributed by atoms with Gasteiger partial charge in [-0.05, 0) is 50.8 Å². The van der Waals surface area contributed by atoms with Crippen molar-refractivity contribution in [3.63, 3.8) is 0 Å². The molecule has 1 unspecified atom stereocenters. The fourth-order valence-corrected chi connectivity index (χ4v) is 4.30. The molecule has 0 radical (unpaired) electrons. The largest absolute Gasteiger partial charge is 0.301 e. The molecule has 1 aromatic heterocycles. The fraction of sp³-hybridized carbons (Fsp3) is 0.348. The standard InChI is InChI=1S/C23H25N3OS/c1-15-9-10-16(2)20(13-15)21(27)17(3)28-23-25-24-22(19-11-12-19)26(23)14-18-7-5-4-6-8-18/h4-10,13,17,19H,11-12,14H2,1-3H3. The van der Waals surface area contributed by atoms with E-state index >= 15 is 0 Å². The number of hydrogen-bond acceptors (Lipinski definition) is 4. The van der Waals surface area contributed by atoms with Gasteiger partial charge in [-0.25, -0.2) is 0 Å². The number of aromatic nitrogens is 3. The minimum absolute atomic E-state index is 0.147. The number of thioether (sulfide) groups is 1. The van der Waals surface area contributed by atoms with Crippen LogP contribution in [0.25, 0.3) is 0 Å². The third-order valence-electron chi connectivity index (χ3n) is 5.18. The van der Waals surface area contributed by atoms with E-state index in [0.717, 1.165) is 34.2 Å². The van der Waals surface area contributed by atoms with Gasteiger partial charge in [0.15, 0.2) is 10.9 Å². The van der Waals surface area contributed by atoms with Crippen molar-refractivity contribution in [3.05, 3.63) is 76.6 Å². The Morgan fingerprint density at radius 2 is 1.89 bits per heavy atom. The minimum atomic E-state index is -0.216. The van der Waals surface area contributed by atoms with Crippen LogP contribution in [0.1, 0.15) is 58.6 Å². The van der Waals surface area contributed by atoms with E-state index in [1.54, 1.807) is 0 Å². The van der Waals surface area contributed by atoms with Gasteiger partial charge >= 0.3 is 0 Å². The third kappa shape index (κ3) is 4.04. The number of rotatable bonds is 7. The third-order valence-corrected chi connectivity index (χ3v) is 6.26. The molecule has 5 heteroatoms. The van der Waals surface area contributed by atoms with Crippen molar-refractivity contribution in [2.24, 2.45) is 0 Å². The molecule has 0 bridgehead atoms. The summed E-state index contributed by atoms with van der Waals surface area (Å²) in [5, 5.41) is 9.54. The number of nitrogens with zero attached hydrogens (tertiary/aromatic N) is 3. The Balaban J connectivity index is 1.59. The number of hydrogen-bond donors (Lipinski definition) is 0. The van der Waals surface area contributed by atoms with Crippen LogP contribution in [0, 0.1) is 13.8 Å². The number of aryl methyl sites for hydroxylation is 2. The van der Waals surface area contributed by atoms with Crippen LogP contribution < -0.4 is 0 Å². The maximum absolute atomic E-state index is 13.1. The zero-order valence-corrected chi connectivity index (χ0v) is 17.4. The monoisotopic (exact) mass is 391 g/mol. The molecule has 4 rings (SSSR count). The summed E-state index contributed by atoms with van der Waals surface area (Å²) in [5.41, 5.74) is 4.15. The maximum atomic E-state index is 13.1. The first-order valence-corrected chi connectivity index (χ1v) is 10.7. The molecule has 4 nitrogen and oxygen atoms in total. The quantitative estimate of drug-likeness (QED) is 0.411. The van der Waals surface area contributed by atoms with Gasteiger partial charge < -0.3 is 4.57 Å². The highest BCUT2D eigenvalue weighted by Gasteiger charge is 2.31.